The van der Waals surface area contributed by atoms with Gasteiger partial charge in [0.25, 0.3) is 0 Å². The molecule has 1 aromatic carbocycles. The van der Waals surface area contributed by atoms with Crippen LogP contribution in [0.2, 0.25) is 5.02 Å². The van der Waals surface area contributed by atoms with Gasteiger partial charge in [-0.05, 0) is 45.4 Å². The molecule has 0 atom stereocenters. The van der Waals surface area contributed by atoms with E-state index in [0.717, 1.165) is 5.56 Å². The Morgan fingerprint density at radius 1 is 1.28 bits per heavy atom. The van der Waals surface area contributed by atoms with Crippen LogP contribution in [0.4, 0.5) is 5.69 Å². The molecule has 0 aromatic heterocycles. The number of benzene rings is 1. The molecule has 0 aliphatic rings. The number of carbonyl (C=O) groups is 2. The Morgan fingerprint density at radius 3 is 2.44 bits per heavy atom. The number of anilines is 1. The fourth-order valence-electron chi connectivity index (χ4n) is 1.23. The van der Waals surface area contributed by atoms with Gasteiger partial charge in [-0.1, -0.05) is 17.7 Å². The summed E-state index contributed by atoms with van der Waals surface area (Å²) in [5.41, 5.74) is 0.618. The van der Waals surface area contributed by atoms with E-state index in [0.29, 0.717) is 10.7 Å². The zero-order valence-corrected chi connectivity index (χ0v) is 11.6. The summed E-state index contributed by atoms with van der Waals surface area (Å²) in [6.45, 7) is 6.90. The summed E-state index contributed by atoms with van der Waals surface area (Å²) < 4.78 is 4.96. The van der Waals surface area contributed by atoms with E-state index in [2.05, 4.69) is 5.32 Å². The second-order valence-electron chi connectivity index (χ2n) is 4.92. The van der Waals surface area contributed by atoms with Crippen LogP contribution in [0.25, 0.3) is 0 Å². The van der Waals surface area contributed by atoms with Crippen LogP contribution in [-0.4, -0.2) is 17.5 Å². The maximum atomic E-state index is 11.6. The molecule has 0 aliphatic carbocycles. The van der Waals surface area contributed by atoms with Gasteiger partial charge in [0.15, 0.2) is 0 Å². The summed E-state index contributed by atoms with van der Waals surface area (Å²) in [4.78, 5) is 23.1. The molecule has 1 N–H and O–H groups in total. The van der Waals surface area contributed by atoms with Crippen molar-refractivity contribution in [1.82, 2.24) is 0 Å². The van der Waals surface area contributed by atoms with Gasteiger partial charge in [0.2, 0.25) is 0 Å². The van der Waals surface area contributed by atoms with Crippen molar-refractivity contribution < 1.29 is 14.3 Å². The summed E-state index contributed by atoms with van der Waals surface area (Å²) in [7, 11) is 0. The number of aryl methyl sites for hydroxylation is 1. The molecular formula is C13H16ClNO3. The lowest BCUT2D eigenvalue weighted by atomic mass is 10.2. The van der Waals surface area contributed by atoms with Gasteiger partial charge < -0.3 is 10.1 Å². The molecule has 1 aromatic rings. The largest absolute Gasteiger partial charge is 0.453 e. The van der Waals surface area contributed by atoms with Gasteiger partial charge in [0.1, 0.15) is 5.60 Å². The number of nitrogens with one attached hydrogen (secondary N) is 1. The Kier molecular flexibility index (Phi) is 4.35. The van der Waals surface area contributed by atoms with Crippen molar-refractivity contribution >= 4 is 29.2 Å². The minimum absolute atomic E-state index is 0.486. The fraction of sp³-hybridized carbons (Fsp3) is 0.385. The highest BCUT2D eigenvalue weighted by Gasteiger charge is 2.23. The van der Waals surface area contributed by atoms with Crippen LogP contribution in [0.5, 0.6) is 0 Å². The minimum Gasteiger partial charge on any atom is -0.453 e. The highest BCUT2D eigenvalue weighted by Crippen LogP contribution is 2.20. The molecule has 0 fully saturated rings. The van der Waals surface area contributed by atoms with Crippen molar-refractivity contribution in [2.24, 2.45) is 0 Å². The number of carbonyl (C=O) groups excluding carboxylic acids is 2. The second kappa shape index (κ2) is 5.40. The van der Waals surface area contributed by atoms with Crippen LogP contribution in [0.15, 0.2) is 18.2 Å². The Labute approximate surface area is 111 Å². The fourth-order valence-corrected chi connectivity index (χ4v) is 1.40. The number of esters is 1. The minimum atomic E-state index is -0.915. The molecule has 0 bridgehead atoms. The third kappa shape index (κ3) is 4.37. The zero-order chi connectivity index (χ0) is 13.9. The van der Waals surface area contributed by atoms with Crippen LogP contribution >= 0.6 is 11.6 Å². The summed E-state index contributed by atoms with van der Waals surface area (Å²) in [5.74, 6) is -1.72. The SMILES string of the molecule is Cc1ccc(Cl)cc1NC(=O)C(=O)OC(C)(C)C. The average Bonchev–Trinajstić information content (AvgIpc) is 2.21. The van der Waals surface area contributed by atoms with E-state index >= 15 is 0 Å². The predicted molar refractivity (Wildman–Crippen MR) is 70.7 cm³/mol. The third-order valence-electron chi connectivity index (χ3n) is 2.03. The highest BCUT2D eigenvalue weighted by molar-refractivity contribution is 6.37. The van der Waals surface area contributed by atoms with Crippen LogP contribution < -0.4 is 5.32 Å². The molecule has 4 nitrogen and oxygen atoms in total. The molecule has 98 valence electrons. The van der Waals surface area contributed by atoms with Crippen LogP contribution in [0, 0.1) is 6.92 Å². The van der Waals surface area contributed by atoms with E-state index in [1.807, 2.05) is 0 Å². The molecular weight excluding hydrogens is 254 g/mol. The third-order valence-corrected chi connectivity index (χ3v) is 2.27. The Hall–Kier alpha value is -1.55. The predicted octanol–water partition coefficient (Wildman–Crippen LogP) is 2.93. The molecule has 5 heteroatoms. The Balaban J connectivity index is 2.76. The van der Waals surface area contributed by atoms with Crippen molar-refractivity contribution in [2.75, 3.05) is 5.32 Å². The Morgan fingerprint density at radius 2 is 1.89 bits per heavy atom. The quantitative estimate of drug-likeness (QED) is 0.630. The topological polar surface area (TPSA) is 55.4 Å². The summed E-state index contributed by atoms with van der Waals surface area (Å²) in [6, 6.07) is 5.05. The number of halogens is 1. The van der Waals surface area contributed by atoms with Crippen LogP contribution in [0.1, 0.15) is 26.3 Å². The molecule has 1 rings (SSSR count). The smallest absolute Gasteiger partial charge is 0.397 e. The first kappa shape index (κ1) is 14.5. The van der Waals surface area contributed by atoms with E-state index < -0.39 is 17.5 Å². The van der Waals surface area contributed by atoms with Gasteiger partial charge in [-0.2, -0.15) is 0 Å². The number of ether oxygens (including phenoxy) is 1. The Bertz CT molecular complexity index is 478. The van der Waals surface area contributed by atoms with Crippen molar-refractivity contribution in [3.8, 4) is 0 Å². The molecule has 0 radical (unpaired) electrons. The van der Waals surface area contributed by atoms with Crippen molar-refractivity contribution in [1.29, 1.82) is 0 Å². The lowest BCUT2D eigenvalue weighted by Gasteiger charge is -2.19. The first-order valence-corrected chi connectivity index (χ1v) is 5.87. The molecule has 0 unspecified atom stereocenters. The van der Waals surface area contributed by atoms with Gasteiger partial charge in [-0.15, -0.1) is 0 Å². The molecule has 0 aliphatic heterocycles. The maximum absolute atomic E-state index is 11.6. The van der Waals surface area contributed by atoms with Gasteiger partial charge in [-0.3, -0.25) is 4.79 Å². The number of amides is 1. The zero-order valence-electron chi connectivity index (χ0n) is 10.8. The molecule has 0 saturated carbocycles. The molecule has 0 heterocycles. The summed E-state index contributed by atoms with van der Waals surface area (Å²) in [5, 5.41) is 2.96. The van der Waals surface area contributed by atoms with E-state index in [4.69, 9.17) is 16.3 Å². The molecule has 1 amide bonds. The van der Waals surface area contributed by atoms with Gasteiger partial charge in [0.05, 0.1) is 0 Å². The van der Waals surface area contributed by atoms with Gasteiger partial charge in [0, 0.05) is 10.7 Å². The molecule has 0 spiro atoms. The summed E-state index contributed by atoms with van der Waals surface area (Å²) in [6.07, 6.45) is 0. The van der Waals surface area contributed by atoms with E-state index in [-0.39, 0.29) is 0 Å². The van der Waals surface area contributed by atoms with Crippen LogP contribution in [-0.2, 0) is 14.3 Å². The number of hydrogen-bond acceptors (Lipinski definition) is 3. The van der Waals surface area contributed by atoms with E-state index in [9.17, 15) is 9.59 Å². The summed E-state index contributed by atoms with van der Waals surface area (Å²) >= 11 is 5.82. The highest BCUT2D eigenvalue weighted by atomic mass is 35.5. The standard InChI is InChI=1S/C13H16ClNO3/c1-8-5-6-9(14)7-10(8)15-11(16)12(17)18-13(2,3)4/h5-7H,1-4H3,(H,15,16). The van der Waals surface area contributed by atoms with Gasteiger partial charge in [-0.25, -0.2) is 4.79 Å². The normalized spacial score (nSPS) is 10.9. The van der Waals surface area contributed by atoms with Crippen molar-refractivity contribution in [3.05, 3.63) is 28.8 Å². The average molecular weight is 270 g/mol. The van der Waals surface area contributed by atoms with E-state index in [1.165, 1.54) is 0 Å². The lowest BCUT2D eigenvalue weighted by Crippen LogP contribution is -2.32. The van der Waals surface area contributed by atoms with Gasteiger partial charge >= 0.3 is 11.9 Å². The van der Waals surface area contributed by atoms with Crippen molar-refractivity contribution in [3.63, 3.8) is 0 Å². The van der Waals surface area contributed by atoms with E-state index in [1.54, 1.807) is 45.9 Å². The maximum Gasteiger partial charge on any atom is 0.397 e. The first-order valence-electron chi connectivity index (χ1n) is 5.49. The first-order chi connectivity index (χ1) is 8.19. The second-order valence-corrected chi connectivity index (χ2v) is 5.35. The molecule has 0 saturated heterocycles. The monoisotopic (exact) mass is 269 g/mol. The van der Waals surface area contributed by atoms with Crippen LogP contribution in [0.3, 0.4) is 0 Å². The molecule has 18 heavy (non-hydrogen) atoms. The van der Waals surface area contributed by atoms with Crippen molar-refractivity contribution in [2.45, 2.75) is 33.3 Å². The number of rotatable bonds is 1. The number of hydrogen-bond donors (Lipinski definition) is 1. The lowest BCUT2D eigenvalue weighted by molar-refractivity contribution is -0.161.